The van der Waals surface area contributed by atoms with E-state index in [2.05, 4.69) is 25.3 Å². The first-order valence-corrected chi connectivity index (χ1v) is 5.97. The number of amides is 1. The molecule has 0 aliphatic heterocycles. The Hall–Kier alpha value is -2.63. The summed E-state index contributed by atoms with van der Waals surface area (Å²) >= 11 is 0. The van der Waals surface area contributed by atoms with Crippen molar-refractivity contribution >= 4 is 16.9 Å². The van der Waals surface area contributed by atoms with Gasteiger partial charge in [-0.05, 0) is 25.1 Å². The van der Waals surface area contributed by atoms with E-state index in [4.69, 9.17) is 0 Å². The van der Waals surface area contributed by atoms with Gasteiger partial charge in [0.25, 0.3) is 5.91 Å². The number of aromatic nitrogens is 4. The maximum Gasteiger partial charge on any atom is 0.251 e. The lowest BCUT2D eigenvalue weighted by atomic mass is 10.1. The lowest BCUT2D eigenvalue weighted by Gasteiger charge is -2.11. The number of carbonyl (C=O) groups is 1. The van der Waals surface area contributed by atoms with Gasteiger partial charge in [0.1, 0.15) is 5.82 Å². The summed E-state index contributed by atoms with van der Waals surface area (Å²) in [6.07, 6.45) is 5.00. The Bertz CT molecular complexity index is 701. The second kappa shape index (κ2) is 4.56. The van der Waals surface area contributed by atoms with E-state index >= 15 is 0 Å². The van der Waals surface area contributed by atoms with E-state index in [0.717, 1.165) is 16.9 Å². The number of carbonyl (C=O) groups excluding carboxylic acids is 1. The van der Waals surface area contributed by atoms with E-state index in [-0.39, 0.29) is 11.9 Å². The normalized spacial score (nSPS) is 12.5. The van der Waals surface area contributed by atoms with E-state index in [0.29, 0.717) is 5.56 Å². The Labute approximate surface area is 109 Å². The molecule has 6 heteroatoms. The van der Waals surface area contributed by atoms with E-state index in [1.807, 2.05) is 13.0 Å². The molecule has 96 valence electrons. The summed E-state index contributed by atoms with van der Waals surface area (Å²) in [5.74, 6) is 0.594. The topological polar surface area (TPSA) is 86.5 Å². The van der Waals surface area contributed by atoms with Gasteiger partial charge in [0, 0.05) is 18.0 Å². The van der Waals surface area contributed by atoms with Gasteiger partial charge in [-0.1, -0.05) is 0 Å². The van der Waals surface area contributed by atoms with Crippen LogP contribution in [-0.2, 0) is 0 Å². The molecule has 1 atom stereocenters. The van der Waals surface area contributed by atoms with Crippen LogP contribution >= 0.6 is 0 Å². The molecule has 0 bridgehead atoms. The van der Waals surface area contributed by atoms with Gasteiger partial charge in [-0.2, -0.15) is 0 Å². The van der Waals surface area contributed by atoms with Crippen molar-refractivity contribution in [2.45, 2.75) is 13.0 Å². The number of nitrogens with zero attached hydrogens (tertiary/aromatic N) is 2. The van der Waals surface area contributed by atoms with Gasteiger partial charge in [0.2, 0.25) is 0 Å². The maximum absolute atomic E-state index is 12.1. The first-order valence-electron chi connectivity index (χ1n) is 5.97. The fourth-order valence-electron chi connectivity index (χ4n) is 1.94. The summed E-state index contributed by atoms with van der Waals surface area (Å²) < 4.78 is 0. The number of aromatic amines is 2. The number of benzene rings is 1. The minimum Gasteiger partial charge on any atom is -0.347 e. The lowest BCUT2D eigenvalue weighted by molar-refractivity contribution is 0.0938. The van der Waals surface area contributed by atoms with E-state index in [1.54, 1.807) is 30.9 Å². The second-order valence-electron chi connectivity index (χ2n) is 4.30. The van der Waals surface area contributed by atoms with Crippen LogP contribution in [0.4, 0.5) is 0 Å². The molecule has 2 heterocycles. The quantitative estimate of drug-likeness (QED) is 0.666. The fourth-order valence-corrected chi connectivity index (χ4v) is 1.94. The monoisotopic (exact) mass is 255 g/mol. The van der Waals surface area contributed by atoms with Crippen LogP contribution in [0.3, 0.4) is 0 Å². The number of hydrogen-bond donors (Lipinski definition) is 3. The minimum atomic E-state index is -0.167. The molecule has 0 fully saturated rings. The zero-order valence-corrected chi connectivity index (χ0v) is 10.3. The predicted molar refractivity (Wildman–Crippen MR) is 70.6 cm³/mol. The Kier molecular flexibility index (Phi) is 2.75. The third-order valence-corrected chi connectivity index (χ3v) is 2.96. The molecule has 0 saturated heterocycles. The molecule has 1 aromatic carbocycles. The molecule has 2 aromatic heterocycles. The van der Waals surface area contributed by atoms with Crippen molar-refractivity contribution in [1.29, 1.82) is 0 Å². The standard InChI is InChI=1S/C13H13N5O/c1-8(12-14-4-5-15-12)18-13(19)9-2-3-10-11(6-9)17-7-16-10/h2-8H,1H3,(H,14,15)(H,16,17)(H,18,19). The van der Waals surface area contributed by atoms with Crippen molar-refractivity contribution in [2.24, 2.45) is 0 Å². The van der Waals surface area contributed by atoms with Gasteiger partial charge in [0.05, 0.1) is 23.4 Å². The molecule has 0 radical (unpaired) electrons. The van der Waals surface area contributed by atoms with Gasteiger partial charge in [-0.3, -0.25) is 4.79 Å². The molecular formula is C13H13N5O. The second-order valence-corrected chi connectivity index (χ2v) is 4.30. The average molecular weight is 255 g/mol. The molecule has 1 amide bonds. The molecule has 0 spiro atoms. The SMILES string of the molecule is CC(NC(=O)c1ccc2nc[nH]c2c1)c1ncc[nH]1. The predicted octanol–water partition coefficient (Wildman–Crippen LogP) is 1.78. The van der Waals surface area contributed by atoms with Crippen molar-refractivity contribution in [3.63, 3.8) is 0 Å². The van der Waals surface area contributed by atoms with Gasteiger partial charge in [-0.25, -0.2) is 9.97 Å². The first-order chi connectivity index (χ1) is 9.24. The maximum atomic E-state index is 12.1. The van der Waals surface area contributed by atoms with Crippen LogP contribution in [0.25, 0.3) is 11.0 Å². The summed E-state index contributed by atoms with van der Waals surface area (Å²) in [5, 5.41) is 2.89. The Balaban J connectivity index is 1.79. The largest absolute Gasteiger partial charge is 0.347 e. The highest BCUT2D eigenvalue weighted by atomic mass is 16.1. The minimum absolute atomic E-state index is 0.139. The van der Waals surface area contributed by atoms with Crippen molar-refractivity contribution in [2.75, 3.05) is 0 Å². The Morgan fingerprint density at radius 3 is 3.00 bits per heavy atom. The van der Waals surface area contributed by atoms with Gasteiger partial charge >= 0.3 is 0 Å². The van der Waals surface area contributed by atoms with Crippen molar-refractivity contribution in [3.05, 3.63) is 48.3 Å². The van der Waals surface area contributed by atoms with Gasteiger partial charge in [0.15, 0.2) is 0 Å². The van der Waals surface area contributed by atoms with Crippen LogP contribution in [0.1, 0.15) is 29.1 Å². The molecule has 6 nitrogen and oxygen atoms in total. The molecule has 3 aromatic rings. The van der Waals surface area contributed by atoms with Crippen LogP contribution in [0.15, 0.2) is 36.9 Å². The van der Waals surface area contributed by atoms with E-state index in [1.165, 1.54) is 0 Å². The van der Waals surface area contributed by atoms with E-state index in [9.17, 15) is 4.79 Å². The molecule has 1 unspecified atom stereocenters. The highest BCUT2D eigenvalue weighted by molar-refractivity contribution is 5.97. The van der Waals surface area contributed by atoms with Crippen LogP contribution in [0.5, 0.6) is 0 Å². The summed E-state index contributed by atoms with van der Waals surface area (Å²) in [4.78, 5) is 26.3. The van der Waals surface area contributed by atoms with Gasteiger partial charge in [-0.15, -0.1) is 0 Å². The zero-order chi connectivity index (χ0) is 13.2. The van der Waals surface area contributed by atoms with Crippen molar-refractivity contribution < 1.29 is 4.79 Å². The molecule has 3 N–H and O–H groups in total. The van der Waals surface area contributed by atoms with Crippen LogP contribution in [0.2, 0.25) is 0 Å². The number of fused-ring (bicyclic) bond motifs is 1. The smallest absolute Gasteiger partial charge is 0.251 e. The third kappa shape index (κ3) is 2.20. The average Bonchev–Trinajstić information content (AvgIpc) is 3.09. The Morgan fingerprint density at radius 2 is 2.21 bits per heavy atom. The first kappa shape index (κ1) is 11.5. The fraction of sp³-hybridized carbons (Fsp3) is 0.154. The van der Waals surface area contributed by atoms with E-state index < -0.39 is 0 Å². The molecule has 0 aliphatic rings. The molecular weight excluding hydrogens is 242 g/mol. The molecule has 0 aliphatic carbocycles. The van der Waals surface area contributed by atoms with Crippen LogP contribution in [-0.4, -0.2) is 25.8 Å². The molecule has 19 heavy (non-hydrogen) atoms. The third-order valence-electron chi connectivity index (χ3n) is 2.96. The Morgan fingerprint density at radius 1 is 1.32 bits per heavy atom. The summed E-state index contributed by atoms with van der Waals surface area (Å²) in [5.41, 5.74) is 2.28. The van der Waals surface area contributed by atoms with Crippen LogP contribution in [0, 0.1) is 0 Å². The number of H-pyrrole nitrogens is 2. The molecule has 3 rings (SSSR count). The van der Waals surface area contributed by atoms with Crippen LogP contribution < -0.4 is 5.32 Å². The summed E-state index contributed by atoms with van der Waals surface area (Å²) in [6.45, 7) is 1.88. The van der Waals surface area contributed by atoms with Crippen molar-refractivity contribution in [1.82, 2.24) is 25.3 Å². The van der Waals surface area contributed by atoms with Crippen molar-refractivity contribution in [3.8, 4) is 0 Å². The lowest BCUT2D eigenvalue weighted by Crippen LogP contribution is -2.27. The molecule has 0 saturated carbocycles. The van der Waals surface area contributed by atoms with Gasteiger partial charge < -0.3 is 15.3 Å². The highest BCUT2D eigenvalue weighted by Gasteiger charge is 2.13. The summed E-state index contributed by atoms with van der Waals surface area (Å²) in [6, 6.07) is 5.19. The zero-order valence-electron chi connectivity index (χ0n) is 10.3. The number of rotatable bonds is 3. The number of imidazole rings is 2. The number of hydrogen-bond acceptors (Lipinski definition) is 3. The summed E-state index contributed by atoms with van der Waals surface area (Å²) in [7, 11) is 0. The highest BCUT2D eigenvalue weighted by Crippen LogP contribution is 2.13. The number of nitrogens with one attached hydrogen (secondary N) is 3.